The van der Waals surface area contributed by atoms with Crippen molar-refractivity contribution in [3.8, 4) is 10.4 Å². The summed E-state index contributed by atoms with van der Waals surface area (Å²) in [6.45, 7) is 5.77. The zero-order valence-electron chi connectivity index (χ0n) is 16.3. The first kappa shape index (κ1) is 20.5. The molecular formula is C19H21F2N7OS. The van der Waals surface area contributed by atoms with Gasteiger partial charge in [0.15, 0.2) is 5.13 Å². The van der Waals surface area contributed by atoms with Crippen molar-refractivity contribution in [3.05, 3.63) is 41.9 Å². The summed E-state index contributed by atoms with van der Waals surface area (Å²) in [4.78, 5) is 22.4. The maximum absolute atomic E-state index is 14.0. The Morgan fingerprint density at radius 3 is 2.67 bits per heavy atom. The predicted molar refractivity (Wildman–Crippen MR) is 111 cm³/mol. The molecule has 0 spiro atoms. The van der Waals surface area contributed by atoms with Crippen LogP contribution in [0.25, 0.3) is 10.4 Å². The van der Waals surface area contributed by atoms with Crippen molar-refractivity contribution >= 4 is 28.4 Å². The summed E-state index contributed by atoms with van der Waals surface area (Å²) in [5, 5.41) is 12.6. The lowest BCUT2D eigenvalue weighted by Gasteiger charge is -2.34. The van der Waals surface area contributed by atoms with Crippen molar-refractivity contribution in [2.45, 2.75) is 6.92 Å². The summed E-state index contributed by atoms with van der Waals surface area (Å²) in [6, 6.07) is 3.46. The number of β-amino-alcohol motifs (C(OH)–C–C–N with tert-alkyl or cyclic N) is 1. The van der Waals surface area contributed by atoms with Crippen LogP contribution in [0.3, 0.4) is 0 Å². The van der Waals surface area contributed by atoms with Gasteiger partial charge in [-0.2, -0.15) is 15.0 Å². The van der Waals surface area contributed by atoms with Gasteiger partial charge in [0.25, 0.3) is 0 Å². The molecule has 8 nitrogen and oxygen atoms in total. The highest BCUT2D eigenvalue weighted by Crippen LogP contribution is 2.32. The number of hydrogen-bond acceptors (Lipinski definition) is 9. The third-order valence-corrected chi connectivity index (χ3v) is 5.67. The Bertz CT molecular complexity index is 1020. The van der Waals surface area contributed by atoms with E-state index in [0.717, 1.165) is 32.2 Å². The smallest absolute Gasteiger partial charge is 0.234 e. The van der Waals surface area contributed by atoms with Gasteiger partial charge in [0.2, 0.25) is 11.9 Å². The molecule has 158 valence electrons. The molecule has 4 rings (SSSR count). The lowest BCUT2D eigenvalue weighted by molar-refractivity contribution is 0.188. The molecule has 3 aromatic rings. The second kappa shape index (κ2) is 8.94. The molecule has 0 unspecified atom stereocenters. The van der Waals surface area contributed by atoms with Crippen LogP contribution in [0.15, 0.2) is 24.4 Å². The number of thiazole rings is 1. The highest BCUT2D eigenvalue weighted by Gasteiger charge is 2.20. The second-order valence-electron chi connectivity index (χ2n) is 6.84. The number of aryl methyl sites for hydroxylation is 1. The third-order valence-electron chi connectivity index (χ3n) is 4.73. The van der Waals surface area contributed by atoms with Crippen LogP contribution in [0, 0.1) is 18.6 Å². The molecule has 0 aliphatic carbocycles. The van der Waals surface area contributed by atoms with Gasteiger partial charge < -0.3 is 10.0 Å². The van der Waals surface area contributed by atoms with Gasteiger partial charge in [-0.05, 0) is 19.1 Å². The topological polar surface area (TPSA) is 90.3 Å². The molecule has 2 aromatic heterocycles. The van der Waals surface area contributed by atoms with Gasteiger partial charge in [0.05, 0.1) is 11.5 Å². The Labute approximate surface area is 176 Å². The maximum Gasteiger partial charge on any atom is 0.234 e. The Balaban J connectivity index is 1.49. The van der Waals surface area contributed by atoms with Crippen molar-refractivity contribution < 1.29 is 13.9 Å². The first-order valence-electron chi connectivity index (χ1n) is 9.51. The number of anilines is 3. The van der Waals surface area contributed by atoms with E-state index < -0.39 is 11.6 Å². The third kappa shape index (κ3) is 4.69. The average Bonchev–Trinajstić information content (AvgIpc) is 3.16. The van der Waals surface area contributed by atoms with Crippen LogP contribution in [0.1, 0.15) is 5.82 Å². The predicted octanol–water partition coefficient (Wildman–Crippen LogP) is 2.44. The Morgan fingerprint density at radius 1 is 1.13 bits per heavy atom. The molecule has 3 heterocycles. The van der Waals surface area contributed by atoms with Gasteiger partial charge in [0, 0.05) is 50.6 Å². The molecule has 1 aliphatic rings. The van der Waals surface area contributed by atoms with Crippen LogP contribution < -0.4 is 10.2 Å². The van der Waals surface area contributed by atoms with Crippen molar-refractivity contribution in [1.29, 1.82) is 0 Å². The Hall–Kier alpha value is -2.76. The number of benzene rings is 1. The largest absolute Gasteiger partial charge is 0.395 e. The molecule has 0 saturated carbocycles. The van der Waals surface area contributed by atoms with Gasteiger partial charge in [0.1, 0.15) is 17.5 Å². The van der Waals surface area contributed by atoms with E-state index >= 15 is 0 Å². The summed E-state index contributed by atoms with van der Waals surface area (Å²) in [5.41, 5.74) is 0.287. The van der Waals surface area contributed by atoms with Crippen LogP contribution in [-0.2, 0) is 0 Å². The molecule has 0 amide bonds. The highest BCUT2D eigenvalue weighted by molar-refractivity contribution is 7.18. The number of hydrogen-bond donors (Lipinski definition) is 2. The van der Waals surface area contributed by atoms with E-state index in [1.807, 2.05) is 0 Å². The monoisotopic (exact) mass is 433 g/mol. The van der Waals surface area contributed by atoms with E-state index in [1.165, 1.54) is 29.7 Å². The number of halogens is 2. The second-order valence-corrected chi connectivity index (χ2v) is 7.87. The fourth-order valence-corrected chi connectivity index (χ4v) is 4.06. The molecule has 1 saturated heterocycles. The zero-order valence-corrected chi connectivity index (χ0v) is 17.2. The molecule has 0 bridgehead atoms. The summed E-state index contributed by atoms with van der Waals surface area (Å²) in [7, 11) is 0. The molecule has 2 N–H and O–H groups in total. The van der Waals surface area contributed by atoms with Crippen molar-refractivity contribution in [2.75, 3.05) is 49.5 Å². The number of aliphatic hydroxyl groups excluding tert-OH is 1. The first-order chi connectivity index (χ1) is 14.5. The standard InChI is InChI=1S/C19H21F2N7OS/c1-12-23-17(25-18(24-12)28-6-4-27(5-7-28)8-9-29)26-19-22-11-16(30-19)14-3-2-13(20)10-15(14)21/h2-3,10-11,29H,4-9H2,1H3,(H,22,23,24,25,26). The van der Waals surface area contributed by atoms with Crippen LogP contribution >= 0.6 is 11.3 Å². The fraction of sp³-hybridized carbons (Fsp3) is 0.368. The number of nitrogens with one attached hydrogen (secondary N) is 1. The Kier molecular flexibility index (Phi) is 6.11. The SMILES string of the molecule is Cc1nc(Nc2ncc(-c3ccc(F)cc3F)s2)nc(N2CCN(CCO)CC2)n1. The molecule has 1 aromatic carbocycles. The first-order valence-corrected chi connectivity index (χ1v) is 10.3. The van der Waals surface area contributed by atoms with Crippen molar-refractivity contribution in [2.24, 2.45) is 0 Å². The van der Waals surface area contributed by atoms with Gasteiger partial charge in [-0.1, -0.05) is 11.3 Å². The van der Waals surface area contributed by atoms with Crippen LogP contribution in [0.2, 0.25) is 0 Å². The lowest BCUT2D eigenvalue weighted by atomic mass is 10.2. The minimum Gasteiger partial charge on any atom is -0.395 e. The van der Waals surface area contributed by atoms with Crippen LogP contribution in [-0.4, -0.2) is 69.3 Å². The van der Waals surface area contributed by atoms with Crippen molar-refractivity contribution in [1.82, 2.24) is 24.8 Å². The number of aromatic nitrogens is 4. The molecule has 11 heteroatoms. The molecule has 0 radical (unpaired) electrons. The molecule has 0 atom stereocenters. The molecule has 1 aliphatic heterocycles. The fourth-order valence-electron chi connectivity index (χ4n) is 3.22. The number of aliphatic hydroxyl groups is 1. The van der Waals surface area contributed by atoms with E-state index in [4.69, 9.17) is 5.11 Å². The van der Waals surface area contributed by atoms with Crippen molar-refractivity contribution in [3.63, 3.8) is 0 Å². The zero-order chi connectivity index (χ0) is 21.1. The number of piperazine rings is 1. The van der Waals surface area contributed by atoms with Crippen LogP contribution in [0.4, 0.5) is 25.8 Å². The minimum absolute atomic E-state index is 0.149. The van der Waals surface area contributed by atoms with Gasteiger partial charge in [-0.15, -0.1) is 0 Å². The molecular weight excluding hydrogens is 412 g/mol. The summed E-state index contributed by atoms with van der Waals surface area (Å²) in [6.07, 6.45) is 1.53. The number of rotatable bonds is 6. The average molecular weight is 433 g/mol. The molecule has 1 fully saturated rings. The summed E-state index contributed by atoms with van der Waals surface area (Å²) in [5.74, 6) is 0.251. The van der Waals surface area contributed by atoms with E-state index in [-0.39, 0.29) is 12.2 Å². The van der Waals surface area contributed by atoms with Gasteiger partial charge >= 0.3 is 0 Å². The van der Waals surface area contributed by atoms with E-state index in [1.54, 1.807) is 6.92 Å². The van der Waals surface area contributed by atoms with Gasteiger partial charge in [-0.25, -0.2) is 13.8 Å². The summed E-state index contributed by atoms with van der Waals surface area (Å²) >= 11 is 1.22. The lowest BCUT2D eigenvalue weighted by Crippen LogP contribution is -2.47. The van der Waals surface area contributed by atoms with E-state index in [9.17, 15) is 8.78 Å². The van der Waals surface area contributed by atoms with Crippen LogP contribution in [0.5, 0.6) is 0 Å². The highest BCUT2D eigenvalue weighted by atomic mass is 32.1. The minimum atomic E-state index is -0.635. The van der Waals surface area contributed by atoms with E-state index in [2.05, 4.69) is 35.1 Å². The number of nitrogens with zero attached hydrogens (tertiary/aromatic N) is 6. The maximum atomic E-state index is 14.0. The quantitative estimate of drug-likeness (QED) is 0.613. The van der Waals surface area contributed by atoms with Gasteiger partial charge in [-0.3, -0.25) is 10.2 Å². The van der Waals surface area contributed by atoms with E-state index in [0.29, 0.717) is 34.3 Å². The summed E-state index contributed by atoms with van der Waals surface area (Å²) < 4.78 is 27.2. The normalized spacial score (nSPS) is 14.9. The molecule has 30 heavy (non-hydrogen) atoms. The Morgan fingerprint density at radius 2 is 1.93 bits per heavy atom.